The molecule has 13 heteroatoms. The van der Waals surface area contributed by atoms with E-state index in [1.807, 2.05) is 0 Å². The molecule has 0 radical (unpaired) electrons. The van der Waals surface area contributed by atoms with E-state index in [4.69, 9.17) is 14.6 Å². The van der Waals surface area contributed by atoms with Crippen LogP contribution < -0.4 is 16.0 Å². The third-order valence-electron chi connectivity index (χ3n) is 8.07. The van der Waals surface area contributed by atoms with E-state index in [0.29, 0.717) is 6.42 Å². The zero-order chi connectivity index (χ0) is 36.8. The summed E-state index contributed by atoms with van der Waals surface area (Å²) in [6, 6.07) is -1.19. The van der Waals surface area contributed by atoms with Gasteiger partial charge in [0.05, 0.1) is 19.8 Å². The van der Waals surface area contributed by atoms with Gasteiger partial charge in [0.1, 0.15) is 18.2 Å². The Bertz CT molecular complexity index is 957. The molecule has 0 rings (SSSR count). The smallest absolute Gasteiger partial charge is 0.326 e. The Balaban J connectivity index is 3.91. The van der Waals surface area contributed by atoms with Crippen molar-refractivity contribution < 1.29 is 48.5 Å². The molecule has 5 N–H and O–H groups in total. The van der Waals surface area contributed by atoms with Crippen molar-refractivity contribution in [2.24, 2.45) is 0 Å². The average Bonchev–Trinajstić information content (AvgIpc) is 3.02. The van der Waals surface area contributed by atoms with Crippen LogP contribution in [0.5, 0.6) is 0 Å². The summed E-state index contributed by atoms with van der Waals surface area (Å²) in [4.78, 5) is 70.3. The number of nitrogens with one attached hydrogen (secondary N) is 3. The molecule has 0 aliphatic carbocycles. The largest absolute Gasteiger partial charge is 0.481 e. The fourth-order valence-corrected chi connectivity index (χ4v) is 5.20. The molecule has 0 heterocycles. The monoisotopic (exact) mass is 699 g/mol. The van der Waals surface area contributed by atoms with Gasteiger partial charge in [0.15, 0.2) is 5.78 Å². The van der Waals surface area contributed by atoms with Crippen LogP contribution in [0.4, 0.5) is 0 Å². The highest BCUT2D eigenvalue weighted by atomic mass is 16.5. The number of carbonyl (C=O) groups excluding carboxylic acids is 4. The Hall–Kier alpha value is -3.06. The lowest BCUT2D eigenvalue weighted by Crippen LogP contribution is -2.55. The first-order chi connectivity index (χ1) is 23.3. The van der Waals surface area contributed by atoms with Gasteiger partial charge >= 0.3 is 11.9 Å². The molecule has 0 spiro atoms. The predicted molar refractivity (Wildman–Crippen MR) is 187 cm³/mol. The van der Waals surface area contributed by atoms with Gasteiger partial charge in [-0.2, -0.15) is 0 Å². The summed E-state index contributed by atoms with van der Waals surface area (Å²) in [6.45, 7) is 5.50. The Morgan fingerprint density at radius 2 is 1.08 bits per heavy atom. The average molecular weight is 700 g/mol. The summed E-state index contributed by atoms with van der Waals surface area (Å²) < 4.78 is 10.4. The molecule has 0 saturated carbocycles. The SMILES string of the molecule is CC(=O)COCCOCCNC(=O)C(C)(C)NC(=O)CC[C@H](NC(=O)CCCCCCCCCCCCCCCCCCC(=O)O)C(=O)O. The van der Waals surface area contributed by atoms with Gasteiger partial charge in [0.2, 0.25) is 17.7 Å². The summed E-state index contributed by atoms with van der Waals surface area (Å²) in [5.41, 5.74) is -1.24. The zero-order valence-electron chi connectivity index (χ0n) is 30.4. The van der Waals surface area contributed by atoms with Crippen molar-refractivity contribution in [1.29, 1.82) is 0 Å². The second-order valence-electron chi connectivity index (χ2n) is 13.3. The van der Waals surface area contributed by atoms with E-state index >= 15 is 0 Å². The highest BCUT2D eigenvalue weighted by Gasteiger charge is 2.30. The first kappa shape index (κ1) is 45.9. The van der Waals surface area contributed by atoms with E-state index < -0.39 is 35.3 Å². The molecule has 0 saturated heterocycles. The minimum absolute atomic E-state index is 0.0278. The minimum Gasteiger partial charge on any atom is -0.481 e. The lowest BCUT2D eigenvalue weighted by molar-refractivity contribution is -0.142. The Morgan fingerprint density at radius 3 is 1.55 bits per heavy atom. The van der Waals surface area contributed by atoms with Crippen LogP contribution in [-0.2, 0) is 38.2 Å². The minimum atomic E-state index is -1.24. The van der Waals surface area contributed by atoms with Crippen molar-refractivity contribution >= 4 is 35.4 Å². The number of Topliss-reactive ketones (excluding diaryl/α,β-unsaturated/α-hetero) is 1. The molecular weight excluding hydrogens is 634 g/mol. The molecule has 0 aromatic carbocycles. The quantitative estimate of drug-likeness (QED) is 0.0565. The number of carboxylic acid groups (broad SMARTS) is 2. The lowest BCUT2D eigenvalue weighted by Gasteiger charge is -2.25. The highest BCUT2D eigenvalue weighted by Crippen LogP contribution is 2.14. The second-order valence-corrected chi connectivity index (χ2v) is 13.3. The first-order valence-corrected chi connectivity index (χ1v) is 18.3. The van der Waals surface area contributed by atoms with E-state index in [2.05, 4.69) is 16.0 Å². The molecule has 0 fully saturated rings. The topological polar surface area (TPSA) is 197 Å². The van der Waals surface area contributed by atoms with Crippen LogP contribution >= 0.6 is 0 Å². The second kappa shape index (κ2) is 29.8. The number of amides is 3. The Kier molecular flexibility index (Phi) is 28.0. The van der Waals surface area contributed by atoms with Gasteiger partial charge in [-0.3, -0.25) is 24.0 Å². The molecule has 0 unspecified atom stereocenters. The van der Waals surface area contributed by atoms with E-state index in [1.54, 1.807) is 0 Å². The fourth-order valence-electron chi connectivity index (χ4n) is 5.20. The molecule has 0 aromatic heterocycles. The van der Waals surface area contributed by atoms with E-state index in [0.717, 1.165) is 38.5 Å². The number of carboxylic acids is 2. The third kappa shape index (κ3) is 29.6. The number of unbranched alkanes of at least 4 members (excludes halogenated alkanes) is 15. The van der Waals surface area contributed by atoms with Gasteiger partial charge in [-0.1, -0.05) is 89.9 Å². The lowest BCUT2D eigenvalue weighted by atomic mass is 10.0. The molecule has 49 heavy (non-hydrogen) atoms. The number of carbonyl (C=O) groups is 6. The van der Waals surface area contributed by atoms with Crippen LogP contribution in [0.3, 0.4) is 0 Å². The molecule has 0 aromatic rings. The summed E-state index contributed by atoms with van der Waals surface area (Å²) in [6.07, 6.45) is 18.1. The Morgan fingerprint density at radius 1 is 0.612 bits per heavy atom. The molecule has 1 atom stereocenters. The van der Waals surface area contributed by atoms with E-state index in [9.17, 15) is 33.9 Å². The van der Waals surface area contributed by atoms with Gasteiger partial charge in [-0.15, -0.1) is 0 Å². The van der Waals surface area contributed by atoms with Crippen molar-refractivity contribution in [1.82, 2.24) is 16.0 Å². The van der Waals surface area contributed by atoms with Crippen molar-refractivity contribution in [3.05, 3.63) is 0 Å². The van der Waals surface area contributed by atoms with E-state index in [1.165, 1.54) is 78.6 Å². The third-order valence-corrected chi connectivity index (χ3v) is 8.07. The van der Waals surface area contributed by atoms with Crippen molar-refractivity contribution in [3.8, 4) is 0 Å². The Labute approximate surface area is 293 Å². The number of aliphatic carboxylic acids is 2. The first-order valence-electron chi connectivity index (χ1n) is 18.3. The molecule has 284 valence electrons. The molecular formula is C36H65N3O10. The maximum Gasteiger partial charge on any atom is 0.326 e. The summed E-state index contributed by atoms with van der Waals surface area (Å²) in [5.74, 6) is -3.27. The van der Waals surface area contributed by atoms with Crippen molar-refractivity contribution in [3.63, 3.8) is 0 Å². The van der Waals surface area contributed by atoms with Gasteiger partial charge in [-0.05, 0) is 40.0 Å². The van der Waals surface area contributed by atoms with Crippen LogP contribution in [0.1, 0.15) is 149 Å². The van der Waals surface area contributed by atoms with Crippen LogP contribution in [0.25, 0.3) is 0 Å². The summed E-state index contributed by atoms with van der Waals surface area (Å²) in [5, 5.41) is 26.0. The molecule has 0 bridgehead atoms. The standard InChI is InChI=1S/C36H65N3O10/c1-29(40)28-49-27-26-48-25-24-37-35(47)36(2,3)39-32(42)23-22-30(34(45)46)38-31(41)20-18-16-14-12-10-8-6-4-5-7-9-11-13-15-17-19-21-33(43)44/h30H,4-28H2,1-3H3,(H,37,47)(H,38,41)(H,39,42)(H,43,44)(H,45,46)/t30-/m0/s1. The van der Waals surface area contributed by atoms with Gasteiger partial charge in [0, 0.05) is 25.8 Å². The molecule has 3 amide bonds. The predicted octanol–water partition coefficient (Wildman–Crippen LogP) is 5.08. The van der Waals surface area contributed by atoms with Crippen molar-refractivity contribution in [2.45, 2.75) is 161 Å². The highest BCUT2D eigenvalue weighted by molar-refractivity contribution is 5.91. The maximum atomic E-state index is 12.5. The van der Waals surface area contributed by atoms with Gasteiger partial charge in [-0.25, -0.2) is 4.79 Å². The fraction of sp³-hybridized carbons (Fsp3) is 0.833. The van der Waals surface area contributed by atoms with E-state index in [-0.39, 0.29) is 70.3 Å². The van der Waals surface area contributed by atoms with Crippen LogP contribution in [0.2, 0.25) is 0 Å². The normalized spacial score (nSPS) is 11.9. The maximum absolute atomic E-state index is 12.5. The van der Waals surface area contributed by atoms with Gasteiger partial charge < -0.3 is 35.6 Å². The number of hydrogen-bond acceptors (Lipinski definition) is 8. The van der Waals surface area contributed by atoms with Crippen LogP contribution in [0, 0.1) is 0 Å². The number of ether oxygens (including phenoxy) is 2. The number of ketones is 1. The number of rotatable bonds is 34. The molecule has 0 aliphatic rings. The zero-order valence-corrected chi connectivity index (χ0v) is 30.4. The molecule has 13 nitrogen and oxygen atoms in total. The van der Waals surface area contributed by atoms with Crippen LogP contribution in [0.15, 0.2) is 0 Å². The number of hydrogen-bond donors (Lipinski definition) is 5. The molecule has 0 aliphatic heterocycles. The summed E-state index contributed by atoms with van der Waals surface area (Å²) >= 11 is 0. The van der Waals surface area contributed by atoms with Crippen molar-refractivity contribution in [2.75, 3.05) is 33.0 Å². The summed E-state index contributed by atoms with van der Waals surface area (Å²) in [7, 11) is 0. The van der Waals surface area contributed by atoms with Crippen LogP contribution in [-0.4, -0.2) is 90.2 Å². The van der Waals surface area contributed by atoms with Gasteiger partial charge in [0.25, 0.3) is 0 Å².